The number of rotatable bonds is 1. The quantitative estimate of drug-likeness (QED) is 0.849. The van der Waals surface area contributed by atoms with Crippen molar-refractivity contribution in [2.24, 2.45) is 0 Å². The summed E-state index contributed by atoms with van der Waals surface area (Å²) >= 11 is 3.49. The number of anilines is 2. The molecule has 0 radical (unpaired) electrons. The summed E-state index contributed by atoms with van der Waals surface area (Å²) in [5, 5.41) is 0. The Hall–Kier alpha value is -0.850. The largest absolute Gasteiger partial charge is 0.397 e. The molecule has 5 nitrogen and oxygen atoms in total. The molecule has 0 saturated carbocycles. The second kappa shape index (κ2) is 4.12. The number of nitrogens with zero attached hydrogens (tertiary/aromatic N) is 2. The van der Waals surface area contributed by atoms with Gasteiger partial charge in [0.2, 0.25) is 0 Å². The molecule has 1 aromatic rings. The van der Waals surface area contributed by atoms with Gasteiger partial charge in [-0.2, -0.15) is 0 Å². The van der Waals surface area contributed by atoms with Crippen molar-refractivity contribution in [3.05, 3.63) is 16.7 Å². The van der Waals surface area contributed by atoms with E-state index in [-0.39, 0.29) is 0 Å². The summed E-state index contributed by atoms with van der Waals surface area (Å²) in [4.78, 5) is 6.52. The molecule has 0 aromatic carbocycles. The molecule has 17 heavy (non-hydrogen) atoms. The van der Waals surface area contributed by atoms with E-state index in [9.17, 15) is 0 Å². The Morgan fingerprint density at radius 1 is 1.41 bits per heavy atom. The average Bonchev–Trinajstić information content (AvgIpc) is 2.90. The monoisotopic (exact) mass is 299 g/mol. The van der Waals surface area contributed by atoms with Gasteiger partial charge in [0, 0.05) is 13.0 Å². The van der Waals surface area contributed by atoms with Crippen molar-refractivity contribution in [2.75, 3.05) is 36.9 Å². The van der Waals surface area contributed by atoms with Gasteiger partial charge in [-0.15, -0.1) is 0 Å². The molecule has 2 saturated heterocycles. The zero-order valence-corrected chi connectivity index (χ0v) is 10.9. The average molecular weight is 300 g/mol. The van der Waals surface area contributed by atoms with Crippen LogP contribution in [0, 0.1) is 0 Å². The fourth-order valence-electron chi connectivity index (χ4n) is 2.35. The topological polar surface area (TPSA) is 60.6 Å². The van der Waals surface area contributed by atoms with E-state index in [4.69, 9.17) is 15.2 Å². The predicted octanol–water partition coefficient (Wildman–Crippen LogP) is 1.38. The Labute approximate surface area is 108 Å². The molecule has 3 rings (SSSR count). The molecular formula is C11H14BrN3O2. The second-order valence-corrected chi connectivity index (χ2v) is 5.21. The lowest BCUT2D eigenvalue weighted by Crippen LogP contribution is -2.34. The summed E-state index contributed by atoms with van der Waals surface area (Å²) in [5.41, 5.74) is 6.34. The molecule has 0 amide bonds. The van der Waals surface area contributed by atoms with Gasteiger partial charge in [-0.05, 0) is 22.0 Å². The van der Waals surface area contributed by atoms with E-state index in [1.54, 1.807) is 6.20 Å². The van der Waals surface area contributed by atoms with Crippen LogP contribution in [0.4, 0.5) is 11.5 Å². The lowest BCUT2D eigenvalue weighted by atomic mass is 10.2. The summed E-state index contributed by atoms with van der Waals surface area (Å²) < 4.78 is 12.3. The summed E-state index contributed by atoms with van der Waals surface area (Å²) in [6.07, 6.45) is 2.55. The highest BCUT2D eigenvalue weighted by Gasteiger charge is 2.44. The number of hydrogen-bond acceptors (Lipinski definition) is 5. The molecule has 1 aromatic heterocycles. The molecule has 3 heterocycles. The molecule has 0 atom stereocenters. The van der Waals surface area contributed by atoms with Crippen LogP contribution < -0.4 is 10.6 Å². The lowest BCUT2D eigenvalue weighted by Gasteiger charge is -2.23. The van der Waals surface area contributed by atoms with Crippen molar-refractivity contribution in [1.29, 1.82) is 0 Å². The van der Waals surface area contributed by atoms with E-state index < -0.39 is 5.79 Å². The van der Waals surface area contributed by atoms with Crippen molar-refractivity contribution in [3.63, 3.8) is 0 Å². The zero-order valence-electron chi connectivity index (χ0n) is 9.36. The van der Waals surface area contributed by atoms with Gasteiger partial charge in [-0.3, -0.25) is 0 Å². The third kappa shape index (κ3) is 2.00. The van der Waals surface area contributed by atoms with Crippen LogP contribution in [0.5, 0.6) is 0 Å². The fraction of sp³-hybridized carbons (Fsp3) is 0.545. The highest BCUT2D eigenvalue weighted by Crippen LogP contribution is 2.35. The van der Waals surface area contributed by atoms with E-state index in [1.807, 2.05) is 6.07 Å². The zero-order chi connectivity index (χ0) is 11.9. The number of nitrogen functional groups attached to an aromatic ring is 1. The van der Waals surface area contributed by atoms with Crippen molar-refractivity contribution in [3.8, 4) is 0 Å². The van der Waals surface area contributed by atoms with E-state index >= 15 is 0 Å². The highest BCUT2D eigenvalue weighted by atomic mass is 79.9. The van der Waals surface area contributed by atoms with Crippen molar-refractivity contribution < 1.29 is 9.47 Å². The third-order valence-electron chi connectivity index (χ3n) is 3.15. The van der Waals surface area contributed by atoms with Crippen molar-refractivity contribution >= 4 is 27.4 Å². The van der Waals surface area contributed by atoms with Crippen molar-refractivity contribution in [2.45, 2.75) is 12.2 Å². The molecule has 1 spiro atoms. The molecule has 2 N–H and O–H groups in total. The first kappa shape index (κ1) is 11.3. The van der Waals surface area contributed by atoms with Gasteiger partial charge in [-0.25, -0.2) is 4.98 Å². The van der Waals surface area contributed by atoms with Crippen LogP contribution in [0.15, 0.2) is 16.7 Å². The van der Waals surface area contributed by atoms with Gasteiger partial charge in [0.15, 0.2) is 5.79 Å². The van der Waals surface area contributed by atoms with E-state index in [1.165, 1.54) is 0 Å². The summed E-state index contributed by atoms with van der Waals surface area (Å²) in [6, 6.07) is 1.86. The lowest BCUT2D eigenvalue weighted by molar-refractivity contribution is -0.137. The molecule has 2 aliphatic rings. The number of hydrogen-bond donors (Lipinski definition) is 1. The number of nitrogens with two attached hydrogens (primary N) is 1. The normalized spacial score (nSPS) is 22.5. The van der Waals surface area contributed by atoms with Crippen LogP contribution in [-0.2, 0) is 9.47 Å². The standard InChI is InChI=1S/C11H14BrN3O2/c12-9-5-8(13)6-14-10(9)15-2-1-11(7-15)16-3-4-17-11/h5-6H,1-4,7,13H2. The minimum Gasteiger partial charge on any atom is -0.397 e. The van der Waals surface area contributed by atoms with Crippen molar-refractivity contribution in [1.82, 2.24) is 4.98 Å². The first-order valence-corrected chi connectivity index (χ1v) is 6.42. The molecule has 0 unspecified atom stereocenters. The first-order chi connectivity index (χ1) is 8.19. The smallest absolute Gasteiger partial charge is 0.187 e. The van der Waals surface area contributed by atoms with Gasteiger partial charge >= 0.3 is 0 Å². The van der Waals surface area contributed by atoms with Gasteiger partial charge in [0.25, 0.3) is 0 Å². The Balaban J connectivity index is 1.82. The Morgan fingerprint density at radius 2 is 2.18 bits per heavy atom. The molecule has 6 heteroatoms. The highest BCUT2D eigenvalue weighted by molar-refractivity contribution is 9.10. The van der Waals surface area contributed by atoms with Crippen LogP contribution in [0.2, 0.25) is 0 Å². The maximum atomic E-state index is 5.69. The molecule has 2 aliphatic heterocycles. The molecule has 2 fully saturated rings. The van der Waals surface area contributed by atoms with Gasteiger partial charge in [-0.1, -0.05) is 0 Å². The maximum absolute atomic E-state index is 5.69. The maximum Gasteiger partial charge on any atom is 0.187 e. The van der Waals surface area contributed by atoms with Crippen LogP contribution in [0.25, 0.3) is 0 Å². The Morgan fingerprint density at radius 3 is 2.88 bits per heavy atom. The Kier molecular flexibility index (Phi) is 2.72. The van der Waals surface area contributed by atoms with E-state index in [2.05, 4.69) is 25.8 Å². The number of halogens is 1. The summed E-state index contributed by atoms with van der Waals surface area (Å²) in [7, 11) is 0. The van der Waals surface area contributed by atoms with Crippen LogP contribution >= 0.6 is 15.9 Å². The van der Waals surface area contributed by atoms with Gasteiger partial charge in [0.05, 0.1) is 36.1 Å². The number of aromatic nitrogens is 1. The van der Waals surface area contributed by atoms with E-state index in [0.29, 0.717) is 18.9 Å². The van der Waals surface area contributed by atoms with Crippen LogP contribution in [0.1, 0.15) is 6.42 Å². The number of pyridine rings is 1. The van der Waals surface area contributed by atoms with Crippen LogP contribution in [-0.4, -0.2) is 37.1 Å². The first-order valence-electron chi connectivity index (χ1n) is 5.62. The third-order valence-corrected chi connectivity index (χ3v) is 3.73. The van der Waals surface area contributed by atoms with Gasteiger partial charge in [0.1, 0.15) is 5.82 Å². The molecule has 0 aliphatic carbocycles. The molecule has 92 valence electrons. The number of ether oxygens (including phenoxy) is 2. The SMILES string of the molecule is Nc1cnc(N2CCC3(C2)OCCO3)c(Br)c1. The molecule has 0 bridgehead atoms. The van der Waals surface area contributed by atoms with Crippen LogP contribution in [0.3, 0.4) is 0 Å². The summed E-state index contributed by atoms with van der Waals surface area (Å²) in [5.74, 6) is 0.484. The fourth-order valence-corrected chi connectivity index (χ4v) is 2.96. The van der Waals surface area contributed by atoms with Gasteiger partial charge < -0.3 is 20.1 Å². The van der Waals surface area contributed by atoms with E-state index in [0.717, 1.165) is 29.8 Å². The Bertz CT molecular complexity index is 435. The molecular weight excluding hydrogens is 286 g/mol. The summed E-state index contributed by atoms with van der Waals surface area (Å²) in [6.45, 7) is 2.98. The minimum absolute atomic E-state index is 0.414. The minimum atomic E-state index is -0.414. The second-order valence-electron chi connectivity index (χ2n) is 4.35. The predicted molar refractivity (Wildman–Crippen MR) is 67.8 cm³/mol.